The Bertz CT molecular complexity index is 464. The molecule has 0 spiro atoms. The SMILES string of the molecule is CO[C@H]1CN(C(C)C)C[C@@H]1NC(=O)c1csc(SC)n1. The van der Waals surface area contributed by atoms with Crippen LogP contribution >= 0.6 is 23.1 Å². The van der Waals surface area contributed by atoms with E-state index in [9.17, 15) is 4.79 Å². The van der Waals surface area contributed by atoms with Gasteiger partial charge in [0.15, 0.2) is 0 Å². The van der Waals surface area contributed by atoms with Gasteiger partial charge in [-0.05, 0) is 20.1 Å². The number of carbonyl (C=O) groups excluding carboxylic acids is 1. The molecule has 2 atom stereocenters. The number of aromatic nitrogens is 1. The lowest BCUT2D eigenvalue weighted by Gasteiger charge is -2.19. The molecule has 20 heavy (non-hydrogen) atoms. The maximum absolute atomic E-state index is 12.2. The minimum Gasteiger partial charge on any atom is -0.378 e. The lowest BCUT2D eigenvalue weighted by Crippen LogP contribution is -2.43. The Hall–Kier alpha value is -0.630. The molecule has 0 radical (unpaired) electrons. The van der Waals surface area contributed by atoms with Crippen LogP contribution in [0.5, 0.6) is 0 Å². The molecule has 2 rings (SSSR count). The zero-order chi connectivity index (χ0) is 14.7. The van der Waals surface area contributed by atoms with Gasteiger partial charge in [0.05, 0.1) is 12.1 Å². The summed E-state index contributed by atoms with van der Waals surface area (Å²) in [5.41, 5.74) is 0.497. The zero-order valence-corrected chi connectivity index (χ0v) is 13.9. The predicted molar refractivity (Wildman–Crippen MR) is 82.7 cm³/mol. The van der Waals surface area contributed by atoms with E-state index < -0.39 is 0 Å². The predicted octanol–water partition coefficient (Wildman–Crippen LogP) is 1.70. The van der Waals surface area contributed by atoms with Crippen LogP contribution in [0, 0.1) is 0 Å². The van der Waals surface area contributed by atoms with E-state index in [1.807, 2.05) is 6.26 Å². The Morgan fingerprint density at radius 3 is 2.90 bits per heavy atom. The third-order valence-corrected chi connectivity index (χ3v) is 5.40. The number of carbonyl (C=O) groups is 1. The van der Waals surface area contributed by atoms with E-state index in [0.29, 0.717) is 11.7 Å². The minimum absolute atomic E-state index is 0.0225. The summed E-state index contributed by atoms with van der Waals surface area (Å²) in [5, 5.41) is 4.85. The normalized spacial score (nSPS) is 23.4. The van der Waals surface area contributed by atoms with Crippen molar-refractivity contribution in [3.63, 3.8) is 0 Å². The van der Waals surface area contributed by atoms with Crippen molar-refractivity contribution in [2.75, 3.05) is 26.5 Å². The molecule has 1 N–H and O–H groups in total. The van der Waals surface area contributed by atoms with Gasteiger partial charge in [-0.3, -0.25) is 9.69 Å². The second-order valence-corrected chi connectivity index (χ2v) is 7.02. The number of amides is 1. The van der Waals surface area contributed by atoms with Crippen molar-refractivity contribution in [3.8, 4) is 0 Å². The number of thiazole rings is 1. The van der Waals surface area contributed by atoms with Crippen molar-refractivity contribution in [1.82, 2.24) is 15.2 Å². The number of rotatable bonds is 5. The molecule has 0 aromatic carbocycles. The highest BCUT2D eigenvalue weighted by Gasteiger charge is 2.35. The number of ether oxygens (including phenoxy) is 1. The molecule has 0 unspecified atom stereocenters. The first-order valence-electron chi connectivity index (χ1n) is 6.62. The van der Waals surface area contributed by atoms with Crippen LogP contribution in [0.2, 0.25) is 0 Å². The van der Waals surface area contributed by atoms with Crippen LogP contribution < -0.4 is 5.32 Å². The smallest absolute Gasteiger partial charge is 0.271 e. The number of nitrogens with one attached hydrogen (secondary N) is 1. The van der Waals surface area contributed by atoms with Gasteiger partial charge in [0.25, 0.3) is 5.91 Å². The van der Waals surface area contributed by atoms with Crippen LogP contribution in [0.25, 0.3) is 0 Å². The summed E-state index contributed by atoms with van der Waals surface area (Å²) in [6, 6.07) is 0.478. The molecule has 2 heterocycles. The Morgan fingerprint density at radius 2 is 2.35 bits per heavy atom. The van der Waals surface area contributed by atoms with Crippen molar-refractivity contribution in [2.24, 2.45) is 0 Å². The molecule has 112 valence electrons. The van der Waals surface area contributed by atoms with E-state index in [2.05, 4.69) is 29.0 Å². The summed E-state index contributed by atoms with van der Waals surface area (Å²) in [6.45, 7) is 5.98. The average Bonchev–Trinajstić information content (AvgIpc) is 3.04. The third-order valence-electron chi connectivity index (χ3n) is 3.53. The molecule has 5 nitrogen and oxygen atoms in total. The standard InChI is InChI=1S/C13H21N3O2S2/c1-8(2)16-5-9(11(6-16)18-3)14-12(17)10-7-20-13(15-10)19-4/h7-9,11H,5-6H2,1-4H3,(H,14,17)/t9-,11-/m0/s1. The van der Waals surface area contributed by atoms with E-state index in [1.54, 1.807) is 24.3 Å². The van der Waals surface area contributed by atoms with Crippen LogP contribution in [-0.4, -0.2) is 60.4 Å². The highest BCUT2D eigenvalue weighted by molar-refractivity contribution is 8.00. The molecule has 7 heteroatoms. The molecule has 1 saturated heterocycles. The number of thioether (sulfide) groups is 1. The Balaban J connectivity index is 1.99. The van der Waals surface area contributed by atoms with Crippen molar-refractivity contribution < 1.29 is 9.53 Å². The van der Waals surface area contributed by atoms with Gasteiger partial charge in [0.1, 0.15) is 10.0 Å². The quantitative estimate of drug-likeness (QED) is 0.838. The Morgan fingerprint density at radius 1 is 1.60 bits per heavy atom. The van der Waals surface area contributed by atoms with Gasteiger partial charge in [0, 0.05) is 31.6 Å². The first-order valence-corrected chi connectivity index (χ1v) is 8.72. The summed E-state index contributed by atoms with van der Waals surface area (Å²) >= 11 is 3.05. The molecular formula is C13H21N3O2S2. The minimum atomic E-state index is -0.112. The first kappa shape index (κ1) is 15.8. The molecule has 1 aliphatic heterocycles. The first-order chi connectivity index (χ1) is 9.55. The fourth-order valence-electron chi connectivity index (χ4n) is 2.30. The van der Waals surface area contributed by atoms with Gasteiger partial charge >= 0.3 is 0 Å². The molecule has 1 aromatic rings. The fourth-order valence-corrected chi connectivity index (χ4v) is 3.54. The monoisotopic (exact) mass is 315 g/mol. The summed E-state index contributed by atoms with van der Waals surface area (Å²) in [7, 11) is 1.70. The topological polar surface area (TPSA) is 54.5 Å². The molecule has 1 amide bonds. The largest absolute Gasteiger partial charge is 0.378 e. The summed E-state index contributed by atoms with van der Waals surface area (Å²) in [4.78, 5) is 18.8. The third kappa shape index (κ3) is 3.52. The Kier molecular flexibility index (Phi) is 5.42. The molecule has 1 aliphatic rings. The maximum atomic E-state index is 12.2. The lowest BCUT2D eigenvalue weighted by molar-refractivity contribution is 0.0750. The number of likely N-dealkylation sites (tertiary alicyclic amines) is 1. The maximum Gasteiger partial charge on any atom is 0.271 e. The van der Waals surface area contributed by atoms with Crippen LogP contribution in [0.1, 0.15) is 24.3 Å². The summed E-state index contributed by atoms with van der Waals surface area (Å²) in [5.74, 6) is -0.112. The lowest BCUT2D eigenvalue weighted by atomic mass is 10.2. The van der Waals surface area contributed by atoms with Gasteiger partial charge in [-0.2, -0.15) is 0 Å². The van der Waals surface area contributed by atoms with E-state index in [1.165, 1.54) is 11.3 Å². The highest BCUT2D eigenvalue weighted by atomic mass is 32.2. The van der Waals surface area contributed by atoms with Gasteiger partial charge in [-0.15, -0.1) is 11.3 Å². The van der Waals surface area contributed by atoms with Crippen molar-refractivity contribution >= 4 is 29.0 Å². The van der Waals surface area contributed by atoms with E-state index in [4.69, 9.17) is 4.74 Å². The van der Waals surface area contributed by atoms with Gasteiger partial charge in [-0.25, -0.2) is 4.98 Å². The van der Waals surface area contributed by atoms with E-state index in [0.717, 1.165) is 17.4 Å². The molecule has 1 fully saturated rings. The van der Waals surface area contributed by atoms with Gasteiger partial charge in [0.2, 0.25) is 0 Å². The van der Waals surface area contributed by atoms with Gasteiger partial charge in [-0.1, -0.05) is 11.8 Å². The van der Waals surface area contributed by atoms with Crippen molar-refractivity contribution in [2.45, 2.75) is 36.4 Å². The summed E-state index contributed by atoms with van der Waals surface area (Å²) in [6.07, 6.45) is 2.00. The second-order valence-electron chi connectivity index (χ2n) is 5.10. The number of hydrogen-bond acceptors (Lipinski definition) is 6. The van der Waals surface area contributed by atoms with Crippen LogP contribution in [0.15, 0.2) is 9.72 Å². The molecule has 0 bridgehead atoms. The Labute approximate surface area is 128 Å². The van der Waals surface area contributed by atoms with Crippen molar-refractivity contribution in [3.05, 3.63) is 11.1 Å². The van der Waals surface area contributed by atoms with Crippen LogP contribution in [0.4, 0.5) is 0 Å². The molecular weight excluding hydrogens is 294 g/mol. The molecule has 1 aromatic heterocycles. The van der Waals surface area contributed by atoms with Gasteiger partial charge < -0.3 is 10.1 Å². The van der Waals surface area contributed by atoms with Crippen LogP contribution in [0.3, 0.4) is 0 Å². The molecule has 0 aliphatic carbocycles. The summed E-state index contributed by atoms with van der Waals surface area (Å²) < 4.78 is 6.40. The second kappa shape index (κ2) is 6.89. The highest BCUT2D eigenvalue weighted by Crippen LogP contribution is 2.20. The zero-order valence-electron chi connectivity index (χ0n) is 12.3. The molecule has 0 saturated carbocycles. The fraction of sp³-hybridized carbons (Fsp3) is 0.692. The van der Waals surface area contributed by atoms with E-state index in [-0.39, 0.29) is 18.1 Å². The number of nitrogens with zero attached hydrogens (tertiary/aromatic N) is 2. The number of hydrogen-bond donors (Lipinski definition) is 1. The van der Waals surface area contributed by atoms with E-state index >= 15 is 0 Å². The van der Waals surface area contributed by atoms with Crippen LogP contribution in [-0.2, 0) is 4.74 Å². The van der Waals surface area contributed by atoms with Crippen molar-refractivity contribution in [1.29, 1.82) is 0 Å². The average molecular weight is 315 g/mol. The number of methoxy groups -OCH3 is 1.